The molecule has 0 bridgehead atoms. The van der Waals surface area contributed by atoms with Gasteiger partial charge in [-0.25, -0.2) is 8.42 Å². The van der Waals surface area contributed by atoms with Crippen molar-refractivity contribution in [2.45, 2.75) is 57.3 Å². The van der Waals surface area contributed by atoms with Crippen molar-refractivity contribution in [2.24, 2.45) is 0 Å². The fourth-order valence-corrected chi connectivity index (χ4v) is 4.28. The molecule has 1 aromatic rings. The summed E-state index contributed by atoms with van der Waals surface area (Å²) in [4.78, 5) is 22.7. The van der Waals surface area contributed by atoms with E-state index in [0.29, 0.717) is 38.0 Å². The first-order chi connectivity index (χ1) is 12.8. The molecule has 0 unspecified atom stereocenters. The predicted octanol–water partition coefficient (Wildman–Crippen LogP) is 2.87. The number of rotatable bonds is 13. The molecule has 1 amide bonds. The molecule has 0 heterocycles. The molecule has 0 aliphatic rings. The van der Waals surface area contributed by atoms with Crippen LogP contribution in [-0.4, -0.2) is 49.3 Å². The van der Waals surface area contributed by atoms with Gasteiger partial charge in [-0.05, 0) is 49.9 Å². The third-order valence-electron chi connectivity index (χ3n) is 4.05. The van der Waals surface area contributed by atoms with Gasteiger partial charge in [0.25, 0.3) is 5.91 Å². The Morgan fingerprint density at radius 3 is 2.11 bits per heavy atom. The summed E-state index contributed by atoms with van der Waals surface area (Å²) in [7, 11) is -3.55. The number of sulfonamides is 1. The van der Waals surface area contributed by atoms with Crippen molar-refractivity contribution in [3.8, 4) is 0 Å². The van der Waals surface area contributed by atoms with Crippen LogP contribution in [0.3, 0.4) is 0 Å². The molecule has 0 aliphatic heterocycles. The van der Waals surface area contributed by atoms with Gasteiger partial charge in [0, 0.05) is 31.6 Å². The van der Waals surface area contributed by atoms with E-state index in [-0.39, 0.29) is 17.2 Å². The molecule has 152 valence electrons. The highest BCUT2D eigenvalue weighted by molar-refractivity contribution is 7.89. The highest BCUT2D eigenvalue weighted by Crippen LogP contribution is 2.17. The number of carbonyl (C=O) groups excluding carboxylic acids is 1. The zero-order chi connectivity index (χ0) is 20.3. The van der Waals surface area contributed by atoms with Crippen molar-refractivity contribution in [3.63, 3.8) is 0 Å². The van der Waals surface area contributed by atoms with Crippen molar-refractivity contribution in [1.82, 2.24) is 9.62 Å². The lowest BCUT2D eigenvalue weighted by Crippen LogP contribution is -2.32. The zero-order valence-electron chi connectivity index (χ0n) is 16.1. The smallest absolute Gasteiger partial charge is 0.303 e. The van der Waals surface area contributed by atoms with Crippen LogP contribution in [0, 0.1) is 0 Å². The van der Waals surface area contributed by atoms with E-state index in [1.54, 1.807) is 0 Å². The van der Waals surface area contributed by atoms with Crippen molar-refractivity contribution < 1.29 is 23.1 Å². The van der Waals surface area contributed by atoms with Crippen LogP contribution in [0.5, 0.6) is 0 Å². The van der Waals surface area contributed by atoms with Gasteiger partial charge < -0.3 is 10.4 Å². The van der Waals surface area contributed by atoms with Gasteiger partial charge in [0.2, 0.25) is 10.0 Å². The second-order valence-electron chi connectivity index (χ2n) is 6.39. The molecular weight excluding hydrogens is 368 g/mol. The van der Waals surface area contributed by atoms with Gasteiger partial charge in [-0.15, -0.1) is 0 Å². The van der Waals surface area contributed by atoms with Crippen LogP contribution >= 0.6 is 0 Å². The van der Waals surface area contributed by atoms with Crippen LogP contribution in [0.4, 0.5) is 0 Å². The van der Waals surface area contributed by atoms with Gasteiger partial charge in [0.1, 0.15) is 0 Å². The Bertz CT molecular complexity index is 695. The maximum atomic E-state index is 12.7. The standard InChI is InChI=1S/C19H30N2O5S/c1-3-14-21(15-4-2)27(25,26)17-11-9-16(10-12-17)19(24)20-13-7-5-6-8-18(22)23/h9-12H,3-8,13-15H2,1-2H3,(H,20,24)(H,22,23). The maximum Gasteiger partial charge on any atom is 0.303 e. The van der Waals surface area contributed by atoms with Gasteiger partial charge in [-0.1, -0.05) is 20.3 Å². The molecule has 0 aromatic heterocycles. The van der Waals surface area contributed by atoms with E-state index in [9.17, 15) is 18.0 Å². The largest absolute Gasteiger partial charge is 0.481 e. The Hall–Kier alpha value is -1.93. The minimum atomic E-state index is -3.55. The Morgan fingerprint density at radius 1 is 1.00 bits per heavy atom. The SMILES string of the molecule is CCCN(CCC)S(=O)(=O)c1ccc(C(=O)NCCCCCC(=O)O)cc1. The predicted molar refractivity (Wildman–Crippen MR) is 104 cm³/mol. The number of hydrogen-bond acceptors (Lipinski definition) is 4. The second kappa shape index (κ2) is 11.7. The summed E-state index contributed by atoms with van der Waals surface area (Å²) < 4.78 is 26.9. The molecule has 2 N–H and O–H groups in total. The minimum Gasteiger partial charge on any atom is -0.481 e. The van der Waals surface area contributed by atoms with Crippen LogP contribution in [-0.2, 0) is 14.8 Å². The van der Waals surface area contributed by atoms with Crippen LogP contribution in [0.25, 0.3) is 0 Å². The average Bonchev–Trinajstić information content (AvgIpc) is 2.64. The number of carbonyl (C=O) groups is 2. The first-order valence-corrected chi connectivity index (χ1v) is 10.9. The summed E-state index contributed by atoms with van der Waals surface area (Å²) in [5.74, 6) is -1.08. The highest BCUT2D eigenvalue weighted by atomic mass is 32.2. The molecule has 0 aliphatic carbocycles. The van der Waals surface area contributed by atoms with Gasteiger partial charge in [0.15, 0.2) is 0 Å². The van der Waals surface area contributed by atoms with Crippen LogP contribution in [0.2, 0.25) is 0 Å². The van der Waals surface area contributed by atoms with E-state index < -0.39 is 16.0 Å². The maximum absolute atomic E-state index is 12.7. The third-order valence-corrected chi connectivity index (χ3v) is 5.97. The summed E-state index contributed by atoms with van der Waals surface area (Å²) in [6.45, 7) is 5.28. The average molecular weight is 399 g/mol. The third kappa shape index (κ3) is 7.68. The summed E-state index contributed by atoms with van der Waals surface area (Å²) in [5.41, 5.74) is 0.400. The molecular formula is C19H30N2O5S. The topological polar surface area (TPSA) is 104 Å². The molecule has 0 saturated carbocycles. The first kappa shape index (κ1) is 23.1. The van der Waals surface area contributed by atoms with E-state index in [1.807, 2.05) is 13.8 Å². The van der Waals surface area contributed by atoms with E-state index in [2.05, 4.69) is 5.32 Å². The van der Waals surface area contributed by atoms with E-state index in [0.717, 1.165) is 19.3 Å². The number of carboxylic acid groups (broad SMARTS) is 1. The highest BCUT2D eigenvalue weighted by Gasteiger charge is 2.23. The normalized spacial score (nSPS) is 11.5. The lowest BCUT2D eigenvalue weighted by atomic mass is 10.2. The number of aliphatic carboxylic acids is 1. The Morgan fingerprint density at radius 2 is 1.59 bits per heavy atom. The van der Waals surface area contributed by atoms with Crippen molar-refractivity contribution >= 4 is 21.9 Å². The molecule has 0 radical (unpaired) electrons. The number of benzene rings is 1. The number of unbranched alkanes of at least 4 members (excludes halogenated alkanes) is 2. The lowest BCUT2D eigenvalue weighted by Gasteiger charge is -2.21. The Balaban J connectivity index is 2.61. The molecule has 0 saturated heterocycles. The van der Waals surface area contributed by atoms with Crippen molar-refractivity contribution in [1.29, 1.82) is 0 Å². The number of amides is 1. The summed E-state index contributed by atoms with van der Waals surface area (Å²) in [5, 5.41) is 11.3. The zero-order valence-corrected chi connectivity index (χ0v) is 16.9. The van der Waals surface area contributed by atoms with Gasteiger partial charge >= 0.3 is 5.97 Å². The lowest BCUT2D eigenvalue weighted by molar-refractivity contribution is -0.137. The number of nitrogens with one attached hydrogen (secondary N) is 1. The molecule has 8 heteroatoms. The molecule has 27 heavy (non-hydrogen) atoms. The van der Waals surface area contributed by atoms with Crippen LogP contribution < -0.4 is 5.32 Å². The number of hydrogen-bond donors (Lipinski definition) is 2. The van der Waals surface area contributed by atoms with Crippen LogP contribution in [0.1, 0.15) is 62.7 Å². The van der Waals surface area contributed by atoms with E-state index >= 15 is 0 Å². The first-order valence-electron chi connectivity index (χ1n) is 9.43. The summed E-state index contributed by atoms with van der Waals surface area (Å²) in [6.07, 6.45) is 3.64. The summed E-state index contributed by atoms with van der Waals surface area (Å²) in [6, 6.07) is 5.97. The molecule has 0 atom stereocenters. The summed E-state index contributed by atoms with van der Waals surface area (Å²) >= 11 is 0. The quantitative estimate of drug-likeness (QED) is 0.497. The minimum absolute atomic E-state index is 0.136. The van der Waals surface area contributed by atoms with E-state index in [4.69, 9.17) is 5.11 Å². The molecule has 1 aromatic carbocycles. The monoisotopic (exact) mass is 398 g/mol. The molecule has 0 spiro atoms. The van der Waals surface area contributed by atoms with Crippen LogP contribution in [0.15, 0.2) is 29.2 Å². The van der Waals surface area contributed by atoms with Gasteiger partial charge in [0.05, 0.1) is 4.90 Å². The number of nitrogens with zero attached hydrogens (tertiary/aromatic N) is 1. The molecule has 0 fully saturated rings. The molecule has 1 rings (SSSR count). The van der Waals surface area contributed by atoms with Crippen molar-refractivity contribution in [2.75, 3.05) is 19.6 Å². The van der Waals surface area contributed by atoms with E-state index in [1.165, 1.54) is 28.6 Å². The van der Waals surface area contributed by atoms with Gasteiger partial charge in [-0.3, -0.25) is 9.59 Å². The second-order valence-corrected chi connectivity index (χ2v) is 8.33. The molecule has 7 nitrogen and oxygen atoms in total. The fraction of sp³-hybridized carbons (Fsp3) is 0.579. The van der Waals surface area contributed by atoms with Crippen molar-refractivity contribution in [3.05, 3.63) is 29.8 Å². The Labute approximate surface area is 161 Å². The number of carboxylic acids is 1. The van der Waals surface area contributed by atoms with Gasteiger partial charge in [-0.2, -0.15) is 4.31 Å². The Kier molecular flexibility index (Phi) is 10.0. The fourth-order valence-electron chi connectivity index (χ4n) is 2.66.